The average Bonchev–Trinajstić information content (AvgIpc) is 3.04. The van der Waals surface area contributed by atoms with E-state index in [1.54, 1.807) is 0 Å². The van der Waals surface area contributed by atoms with Gasteiger partial charge in [-0.1, -0.05) is 203 Å². The molecule has 4 aromatic carbocycles. The van der Waals surface area contributed by atoms with Gasteiger partial charge >= 0.3 is 0 Å². The number of ether oxygens (including phenoxy) is 2. The highest BCUT2D eigenvalue weighted by Gasteiger charge is 2.27. The molecular weight excluding hydrogens is 1520 g/mol. The fourth-order valence-corrected chi connectivity index (χ4v) is 14.0. The second kappa shape index (κ2) is 20.1. The molecule has 16 heteroatoms. The maximum atomic E-state index is 6.53. The number of alkyl halides is 8. The zero-order chi connectivity index (χ0) is 34.7. The van der Waals surface area contributed by atoms with Gasteiger partial charge in [0.15, 0.2) is 0 Å². The fraction of sp³-hybridized carbons (Fsp3) is 0.355. The van der Waals surface area contributed by atoms with E-state index in [4.69, 9.17) is 9.47 Å². The highest BCUT2D eigenvalue weighted by atomic mass is 79.9. The number of halogens is 14. The van der Waals surface area contributed by atoms with Crippen molar-refractivity contribution in [2.75, 3.05) is 23.9 Å². The van der Waals surface area contributed by atoms with Crippen LogP contribution >= 0.6 is 223 Å². The molecule has 0 saturated carbocycles. The fourth-order valence-electron chi connectivity index (χ4n) is 4.88. The second-order valence-electron chi connectivity index (χ2n) is 10.3. The van der Waals surface area contributed by atoms with Crippen molar-refractivity contribution in [3.8, 4) is 11.5 Å². The van der Waals surface area contributed by atoms with Crippen molar-refractivity contribution in [1.82, 2.24) is 0 Å². The minimum Gasteiger partial charge on any atom is -0.490 e. The lowest BCUT2D eigenvalue weighted by Gasteiger charge is -2.23. The molecule has 47 heavy (non-hydrogen) atoms. The zero-order valence-electron chi connectivity index (χ0n) is 23.6. The molecular formula is C31H22Br14O2. The van der Waals surface area contributed by atoms with Gasteiger partial charge in [0.25, 0.3) is 0 Å². The summed E-state index contributed by atoms with van der Waals surface area (Å²) in [6.07, 6.45) is 0.676. The Morgan fingerprint density at radius 1 is 0.447 bits per heavy atom. The Morgan fingerprint density at radius 3 is 1.15 bits per heavy atom. The van der Waals surface area contributed by atoms with Crippen molar-refractivity contribution in [2.45, 2.75) is 35.4 Å². The van der Waals surface area contributed by atoms with Crippen molar-refractivity contribution in [3.63, 3.8) is 0 Å². The van der Waals surface area contributed by atoms with Crippen LogP contribution in [0.15, 0.2) is 63.2 Å². The third-order valence-corrected chi connectivity index (χ3v) is 22.9. The maximum Gasteiger partial charge on any atom is 0.142 e. The zero-order valence-corrected chi connectivity index (χ0v) is 45.8. The number of rotatable bonds is 14. The first kappa shape index (κ1) is 43.4. The summed E-state index contributed by atoms with van der Waals surface area (Å²) in [6.45, 7) is 0.937. The lowest BCUT2D eigenvalue weighted by atomic mass is 9.94. The van der Waals surface area contributed by atoms with Crippen molar-refractivity contribution >= 4 is 245 Å². The molecule has 0 aliphatic carbocycles. The van der Waals surface area contributed by atoms with Gasteiger partial charge in [-0.3, -0.25) is 0 Å². The number of hydrogen-bond acceptors (Lipinski definition) is 2. The number of hydrogen-bond donors (Lipinski definition) is 0. The Labute approximate surface area is 392 Å². The monoisotopic (exact) mass is 1530 g/mol. The Morgan fingerprint density at radius 2 is 0.809 bits per heavy atom. The summed E-state index contributed by atoms with van der Waals surface area (Å²) in [5.41, 5.74) is 2.31. The van der Waals surface area contributed by atoms with Gasteiger partial charge in [-0.05, 0) is 73.7 Å². The van der Waals surface area contributed by atoms with Crippen LogP contribution in [0, 0.1) is 0 Å². The first-order chi connectivity index (χ1) is 22.2. The highest BCUT2D eigenvalue weighted by molar-refractivity contribution is 9.15. The van der Waals surface area contributed by atoms with Gasteiger partial charge in [0.05, 0.1) is 18.6 Å². The molecule has 2 nitrogen and oxygen atoms in total. The summed E-state index contributed by atoms with van der Waals surface area (Å²) in [7, 11) is 0. The summed E-state index contributed by atoms with van der Waals surface area (Å²) in [5, 5.41) is 5.80. The normalized spacial score (nSPS) is 15.8. The lowest BCUT2D eigenvalue weighted by Crippen LogP contribution is -2.30. The minimum atomic E-state index is 0.0738. The Bertz CT molecular complexity index is 1610. The van der Waals surface area contributed by atoms with Crippen molar-refractivity contribution in [1.29, 1.82) is 0 Å². The lowest BCUT2D eigenvalue weighted by molar-refractivity contribution is 0.319. The van der Waals surface area contributed by atoms with Gasteiger partial charge in [0, 0.05) is 69.4 Å². The molecule has 0 spiro atoms. The molecule has 0 fully saturated rings. The molecule has 0 heterocycles. The van der Waals surface area contributed by atoms with Crippen LogP contribution in [0.25, 0.3) is 21.5 Å². The molecule has 0 aromatic heterocycles. The summed E-state index contributed by atoms with van der Waals surface area (Å²) >= 11 is 52.7. The summed E-state index contributed by atoms with van der Waals surface area (Å²) in [5.74, 6) is 1.57. The average molecular weight is 1550 g/mol. The smallest absolute Gasteiger partial charge is 0.142 e. The van der Waals surface area contributed by atoms with Crippen LogP contribution in [0.2, 0.25) is 0 Å². The van der Waals surface area contributed by atoms with Crippen LogP contribution in [0.1, 0.15) is 11.1 Å². The van der Waals surface area contributed by atoms with E-state index < -0.39 is 0 Å². The standard InChI is InChI=1S/C31H22Br14O2/c32-8-20(40)28(44)22(42)10-46-30-18(38)6-16(36)24-12(1-3-14(34)26(24)30)5-13-2-4-15(35)27-25(13)17(37)7-19(39)31(27)47-11-23(43)29(45)21(41)9-33/h1-4,6-7,20-23,28-29H,5,8-11H2. The Kier molecular flexibility index (Phi) is 18.5. The first-order valence-corrected chi connectivity index (χ1v) is 26.1. The van der Waals surface area contributed by atoms with Crippen LogP contribution in [0.4, 0.5) is 0 Å². The van der Waals surface area contributed by atoms with E-state index in [1.165, 1.54) is 0 Å². The van der Waals surface area contributed by atoms with E-state index in [0.717, 1.165) is 81.7 Å². The van der Waals surface area contributed by atoms with E-state index in [2.05, 4.69) is 259 Å². The van der Waals surface area contributed by atoms with E-state index in [1.807, 2.05) is 0 Å². The van der Waals surface area contributed by atoms with E-state index >= 15 is 0 Å². The van der Waals surface area contributed by atoms with Gasteiger partial charge in [-0.15, -0.1) is 0 Å². The quantitative estimate of drug-likeness (QED) is 0.117. The van der Waals surface area contributed by atoms with Gasteiger partial charge in [-0.2, -0.15) is 0 Å². The van der Waals surface area contributed by atoms with Gasteiger partial charge in [-0.25, -0.2) is 0 Å². The second-order valence-corrected chi connectivity index (χ2v) is 23.6. The number of fused-ring (bicyclic) bond motifs is 2. The molecule has 4 rings (SSSR count). The first-order valence-electron chi connectivity index (χ1n) is 13.6. The van der Waals surface area contributed by atoms with Crippen LogP contribution in [0.3, 0.4) is 0 Å². The van der Waals surface area contributed by atoms with Crippen LogP contribution < -0.4 is 9.47 Å². The number of benzene rings is 4. The Balaban J connectivity index is 1.77. The maximum absolute atomic E-state index is 6.53. The van der Waals surface area contributed by atoms with Gasteiger partial charge in [0.1, 0.15) is 24.7 Å². The van der Waals surface area contributed by atoms with Crippen LogP contribution in [-0.2, 0) is 6.42 Å². The molecule has 0 aliphatic heterocycles. The van der Waals surface area contributed by atoms with E-state index in [-0.39, 0.29) is 29.0 Å². The largest absolute Gasteiger partial charge is 0.490 e. The van der Waals surface area contributed by atoms with Crippen LogP contribution in [0.5, 0.6) is 11.5 Å². The third kappa shape index (κ3) is 10.5. The summed E-state index contributed by atoms with van der Waals surface area (Å²) < 4.78 is 18.7. The van der Waals surface area contributed by atoms with Gasteiger partial charge in [0.2, 0.25) is 0 Å². The molecule has 0 amide bonds. The third-order valence-electron chi connectivity index (χ3n) is 7.19. The summed E-state index contributed by atoms with van der Waals surface area (Å²) in [6, 6.07) is 12.7. The topological polar surface area (TPSA) is 18.5 Å². The minimum absolute atomic E-state index is 0.0738. The molecule has 6 unspecified atom stereocenters. The highest BCUT2D eigenvalue weighted by Crippen LogP contribution is 2.47. The Hall–Kier alpha value is 3.72. The molecule has 0 saturated heterocycles. The molecule has 6 atom stereocenters. The SMILES string of the molecule is BrCC(Br)C(Br)C(Br)COc1c(Br)cc(Br)c2c(Cc3ccc(Br)c4c(OCC(Br)C(Br)C(Br)CBr)c(Br)cc(Br)c34)ccc(Br)c12. The van der Waals surface area contributed by atoms with Crippen molar-refractivity contribution < 1.29 is 9.47 Å². The molecule has 0 bridgehead atoms. The summed E-state index contributed by atoms with van der Waals surface area (Å²) in [4.78, 5) is 0.962. The molecule has 256 valence electrons. The molecule has 0 N–H and O–H groups in total. The predicted octanol–water partition coefficient (Wildman–Crippen LogP) is 16.3. The van der Waals surface area contributed by atoms with Crippen LogP contribution in [-0.4, -0.2) is 52.8 Å². The molecule has 0 radical (unpaired) electrons. The van der Waals surface area contributed by atoms with E-state index in [9.17, 15) is 0 Å². The van der Waals surface area contributed by atoms with Crippen molar-refractivity contribution in [3.05, 3.63) is 74.4 Å². The van der Waals surface area contributed by atoms with Gasteiger partial charge < -0.3 is 9.47 Å². The molecule has 0 aliphatic rings. The molecule has 4 aromatic rings. The van der Waals surface area contributed by atoms with Crippen molar-refractivity contribution in [2.24, 2.45) is 0 Å². The van der Waals surface area contributed by atoms with E-state index in [0.29, 0.717) is 19.6 Å². The predicted molar refractivity (Wildman–Crippen MR) is 252 cm³/mol.